The van der Waals surface area contributed by atoms with Gasteiger partial charge < -0.3 is 15.1 Å². The highest BCUT2D eigenvalue weighted by molar-refractivity contribution is 5.92. The van der Waals surface area contributed by atoms with Crippen molar-refractivity contribution in [3.05, 3.63) is 23.5 Å². The van der Waals surface area contributed by atoms with Crippen LogP contribution in [0.2, 0.25) is 0 Å². The summed E-state index contributed by atoms with van der Waals surface area (Å²) in [5.41, 5.74) is 1.90. The fourth-order valence-corrected chi connectivity index (χ4v) is 1.57. The predicted molar refractivity (Wildman–Crippen MR) is 81.2 cm³/mol. The molecule has 0 rings (SSSR count). The van der Waals surface area contributed by atoms with Crippen LogP contribution in [0.15, 0.2) is 23.5 Å². The quantitative estimate of drug-likeness (QED) is 0.423. The summed E-state index contributed by atoms with van der Waals surface area (Å²) in [6.45, 7) is 7.87. The molecule has 0 fully saturated rings. The molecule has 1 amide bonds. The molecule has 1 unspecified atom stereocenters. The number of nitrogens with zero attached hydrogens (tertiary/aromatic N) is 1. The van der Waals surface area contributed by atoms with Crippen LogP contribution in [-0.2, 0) is 4.79 Å². The maximum absolute atomic E-state index is 11.9. The Kier molecular flexibility index (Phi) is 7.45. The van der Waals surface area contributed by atoms with Gasteiger partial charge in [0.15, 0.2) is 0 Å². The molecule has 0 aliphatic carbocycles. The van der Waals surface area contributed by atoms with Gasteiger partial charge in [0.1, 0.15) is 6.20 Å². The third-order valence-corrected chi connectivity index (χ3v) is 2.79. The minimum atomic E-state index is -0.0276. The van der Waals surface area contributed by atoms with Crippen LogP contribution in [0.25, 0.3) is 0 Å². The lowest BCUT2D eigenvalue weighted by Crippen LogP contribution is -2.45. The van der Waals surface area contributed by atoms with E-state index in [4.69, 9.17) is 0 Å². The summed E-state index contributed by atoms with van der Waals surface area (Å²) in [7, 11) is 6.34. The third kappa shape index (κ3) is 7.67. The number of rotatable bonds is 7. The van der Waals surface area contributed by atoms with E-state index in [1.54, 1.807) is 0 Å². The Morgan fingerprint density at radius 2 is 1.79 bits per heavy atom. The van der Waals surface area contributed by atoms with E-state index >= 15 is 0 Å². The molecule has 4 heteroatoms. The number of amides is 1. The van der Waals surface area contributed by atoms with Crippen molar-refractivity contribution in [3.8, 4) is 0 Å². The first-order valence-corrected chi connectivity index (χ1v) is 6.96. The Balaban J connectivity index is 4.72. The largest absolute Gasteiger partial charge is 0.364 e. The van der Waals surface area contributed by atoms with Gasteiger partial charge in [0.25, 0.3) is 0 Å². The second-order valence-corrected chi connectivity index (χ2v) is 5.67. The van der Waals surface area contributed by atoms with Gasteiger partial charge in [-0.05, 0) is 26.7 Å². The van der Waals surface area contributed by atoms with Crippen LogP contribution < -0.4 is 10.6 Å². The van der Waals surface area contributed by atoms with E-state index in [2.05, 4.69) is 51.8 Å². The van der Waals surface area contributed by atoms with E-state index in [-0.39, 0.29) is 12.1 Å². The zero-order valence-corrected chi connectivity index (χ0v) is 13.5. The average molecular weight is 268 g/mol. The summed E-state index contributed by atoms with van der Waals surface area (Å²) in [4.78, 5) is 11.9. The van der Waals surface area contributed by atoms with Gasteiger partial charge in [-0.2, -0.15) is 0 Å². The van der Waals surface area contributed by atoms with E-state index in [9.17, 15) is 4.79 Å². The maximum atomic E-state index is 11.9. The molecule has 0 aromatic heterocycles. The predicted octanol–water partition coefficient (Wildman–Crippen LogP) is 2.35. The topological polar surface area (TPSA) is 41.1 Å². The number of carbonyl (C=O) groups is 1. The molecule has 0 radical (unpaired) electrons. The van der Waals surface area contributed by atoms with Gasteiger partial charge in [0.2, 0.25) is 5.91 Å². The number of allylic oxidation sites excluding steroid dienone is 2. The molecule has 2 N–H and O–H groups in total. The zero-order valence-electron chi connectivity index (χ0n) is 13.5. The molecule has 1 atom stereocenters. The number of hydrogen-bond donors (Lipinski definition) is 2. The summed E-state index contributed by atoms with van der Waals surface area (Å²) in [6, 6.07) is 0. The maximum Gasteiger partial charge on any atom is 0.248 e. The smallest absolute Gasteiger partial charge is 0.248 e. The molecule has 4 nitrogen and oxygen atoms in total. The van der Waals surface area contributed by atoms with E-state index in [0.717, 1.165) is 28.6 Å². The zero-order chi connectivity index (χ0) is 15.1. The molecule has 0 aromatic carbocycles. The van der Waals surface area contributed by atoms with Gasteiger partial charge in [-0.25, -0.2) is 0 Å². The van der Waals surface area contributed by atoms with Gasteiger partial charge in [0.05, 0.1) is 33.0 Å². The summed E-state index contributed by atoms with van der Waals surface area (Å²) in [6.07, 6.45) is 5.73. The van der Waals surface area contributed by atoms with E-state index < -0.39 is 0 Å². The SMILES string of the molecule is C/C=C(\C)C(=O)NC(CC)N/C(=C\[N+](C)(C)C)CC. The summed E-state index contributed by atoms with van der Waals surface area (Å²) < 4.78 is 0.758. The Bertz CT molecular complexity index is 351. The Morgan fingerprint density at radius 3 is 2.16 bits per heavy atom. The molecule has 0 aliphatic rings. The van der Waals surface area contributed by atoms with Crippen molar-refractivity contribution >= 4 is 5.91 Å². The molecular weight excluding hydrogens is 238 g/mol. The van der Waals surface area contributed by atoms with Gasteiger partial charge in [0, 0.05) is 5.57 Å². The fraction of sp³-hybridized carbons (Fsp3) is 0.667. The van der Waals surface area contributed by atoms with Crippen LogP contribution in [0.1, 0.15) is 40.5 Å². The highest BCUT2D eigenvalue weighted by Crippen LogP contribution is 2.04. The lowest BCUT2D eigenvalue weighted by atomic mass is 10.2. The second kappa shape index (κ2) is 8.00. The van der Waals surface area contributed by atoms with Crippen LogP contribution in [0, 0.1) is 0 Å². The second-order valence-electron chi connectivity index (χ2n) is 5.67. The van der Waals surface area contributed by atoms with E-state index in [0.29, 0.717) is 0 Å². The monoisotopic (exact) mass is 268 g/mol. The molecule has 0 bridgehead atoms. The molecule has 0 aliphatic heterocycles. The highest BCUT2D eigenvalue weighted by atomic mass is 16.1. The minimum Gasteiger partial charge on any atom is -0.364 e. The fourth-order valence-electron chi connectivity index (χ4n) is 1.57. The van der Waals surface area contributed by atoms with Crippen molar-refractivity contribution in [3.63, 3.8) is 0 Å². The normalized spacial score (nSPS) is 15.1. The molecule has 110 valence electrons. The Labute approximate surface area is 118 Å². The Hall–Kier alpha value is -1.29. The molecule has 0 saturated heterocycles. The van der Waals surface area contributed by atoms with Crippen LogP contribution in [-0.4, -0.2) is 37.7 Å². The van der Waals surface area contributed by atoms with Crippen molar-refractivity contribution < 1.29 is 9.28 Å². The molecule has 0 aromatic rings. The molecule has 0 saturated carbocycles. The summed E-state index contributed by atoms with van der Waals surface area (Å²) in [5.74, 6) is -0.0115. The third-order valence-electron chi connectivity index (χ3n) is 2.79. The molecule has 0 heterocycles. The first kappa shape index (κ1) is 17.7. The Morgan fingerprint density at radius 1 is 1.21 bits per heavy atom. The van der Waals surface area contributed by atoms with Gasteiger partial charge in [-0.3, -0.25) is 4.79 Å². The van der Waals surface area contributed by atoms with Gasteiger partial charge in [-0.15, -0.1) is 0 Å². The standard InChI is InChI=1S/C15H29N3O/c1-8-12(4)15(19)17-14(10-3)16-13(9-2)11-18(5,6)7/h8,11,14,16H,9-10H2,1-7H3/p+1/b12-8+,13-11-. The molecular formula is C15H30N3O+. The number of quaternary nitrogens is 1. The average Bonchev–Trinajstić information content (AvgIpc) is 2.33. The first-order valence-electron chi connectivity index (χ1n) is 6.96. The summed E-state index contributed by atoms with van der Waals surface area (Å²) in [5, 5.41) is 6.41. The van der Waals surface area contributed by atoms with Gasteiger partial charge in [-0.1, -0.05) is 19.9 Å². The molecule has 0 spiro atoms. The minimum absolute atomic E-state index is 0.0115. The number of nitrogens with one attached hydrogen (secondary N) is 2. The van der Waals surface area contributed by atoms with E-state index in [1.807, 2.05) is 19.9 Å². The van der Waals surface area contributed by atoms with Crippen LogP contribution in [0.3, 0.4) is 0 Å². The van der Waals surface area contributed by atoms with Crippen molar-refractivity contribution in [2.75, 3.05) is 21.1 Å². The van der Waals surface area contributed by atoms with Crippen molar-refractivity contribution in [2.45, 2.75) is 46.7 Å². The van der Waals surface area contributed by atoms with E-state index in [1.165, 1.54) is 0 Å². The highest BCUT2D eigenvalue weighted by Gasteiger charge is 2.13. The van der Waals surface area contributed by atoms with Crippen molar-refractivity contribution in [1.82, 2.24) is 10.6 Å². The lowest BCUT2D eigenvalue weighted by molar-refractivity contribution is -0.817. The van der Waals surface area contributed by atoms with Crippen LogP contribution >= 0.6 is 0 Å². The summed E-state index contributed by atoms with van der Waals surface area (Å²) >= 11 is 0. The van der Waals surface area contributed by atoms with Crippen molar-refractivity contribution in [1.29, 1.82) is 0 Å². The van der Waals surface area contributed by atoms with Crippen molar-refractivity contribution in [2.24, 2.45) is 0 Å². The number of carbonyl (C=O) groups excluding carboxylic acids is 1. The van der Waals surface area contributed by atoms with Gasteiger partial charge >= 0.3 is 0 Å². The van der Waals surface area contributed by atoms with Crippen LogP contribution in [0.5, 0.6) is 0 Å². The lowest BCUT2D eigenvalue weighted by Gasteiger charge is -2.24. The number of hydrogen-bond acceptors (Lipinski definition) is 2. The first-order chi connectivity index (χ1) is 8.73. The van der Waals surface area contributed by atoms with Crippen LogP contribution in [0.4, 0.5) is 0 Å². The molecule has 19 heavy (non-hydrogen) atoms.